The summed E-state index contributed by atoms with van der Waals surface area (Å²) in [7, 11) is 0. The van der Waals surface area contributed by atoms with Crippen molar-refractivity contribution in [1.82, 2.24) is 14.8 Å². The van der Waals surface area contributed by atoms with Gasteiger partial charge in [-0.3, -0.25) is 9.67 Å². The van der Waals surface area contributed by atoms with E-state index in [4.69, 9.17) is 23.2 Å². The summed E-state index contributed by atoms with van der Waals surface area (Å²) in [5.41, 5.74) is 3.73. The standard InChI is InChI=1S/C14H10BrCl2N3/c1-8-3-2-4-11(16)10(8)7-20-12-5-9(15)6-18-13(12)14(17)19-20/h2-6H,7H2,1H3. The van der Waals surface area contributed by atoms with Crippen LogP contribution in [0, 0.1) is 6.92 Å². The highest BCUT2D eigenvalue weighted by atomic mass is 79.9. The highest BCUT2D eigenvalue weighted by Gasteiger charge is 2.13. The van der Waals surface area contributed by atoms with Gasteiger partial charge in [0, 0.05) is 15.7 Å². The molecule has 0 radical (unpaired) electrons. The van der Waals surface area contributed by atoms with Crippen molar-refractivity contribution in [1.29, 1.82) is 0 Å². The number of pyridine rings is 1. The van der Waals surface area contributed by atoms with Gasteiger partial charge in [0.15, 0.2) is 5.15 Å². The average molecular weight is 371 g/mol. The van der Waals surface area contributed by atoms with Gasteiger partial charge in [0.2, 0.25) is 0 Å². The van der Waals surface area contributed by atoms with Gasteiger partial charge in [0.1, 0.15) is 5.52 Å². The molecule has 0 saturated heterocycles. The third-order valence-corrected chi connectivity index (χ3v) is 4.22. The number of hydrogen-bond donors (Lipinski definition) is 0. The van der Waals surface area contributed by atoms with Crippen LogP contribution in [-0.4, -0.2) is 14.8 Å². The van der Waals surface area contributed by atoms with Crippen LogP contribution >= 0.6 is 39.1 Å². The summed E-state index contributed by atoms with van der Waals surface area (Å²) in [4.78, 5) is 4.29. The molecule has 0 unspecified atom stereocenters. The summed E-state index contributed by atoms with van der Waals surface area (Å²) < 4.78 is 2.71. The Bertz CT molecular complexity index is 778. The Hall–Kier alpha value is -1.10. The lowest BCUT2D eigenvalue weighted by atomic mass is 10.1. The van der Waals surface area contributed by atoms with Crippen molar-refractivity contribution in [2.45, 2.75) is 13.5 Å². The molecule has 1 aromatic carbocycles. The fourth-order valence-corrected chi connectivity index (χ4v) is 2.97. The highest BCUT2D eigenvalue weighted by molar-refractivity contribution is 9.10. The fourth-order valence-electron chi connectivity index (χ4n) is 2.13. The van der Waals surface area contributed by atoms with E-state index >= 15 is 0 Å². The van der Waals surface area contributed by atoms with E-state index in [1.54, 1.807) is 6.20 Å². The lowest BCUT2D eigenvalue weighted by molar-refractivity contribution is 0.709. The van der Waals surface area contributed by atoms with Gasteiger partial charge in [-0.1, -0.05) is 35.3 Å². The Kier molecular flexibility index (Phi) is 3.71. The maximum atomic E-state index is 6.27. The predicted octanol–water partition coefficient (Wildman–Crippen LogP) is 4.86. The van der Waals surface area contributed by atoms with Crippen molar-refractivity contribution in [2.24, 2.45) is 0 Å². The second-order valence-electron chi connectivity index (χ2n) is 4.51. The molecule has 2 heterocycles. The van der Waals surface area contributed by atoms with Gasteiger partial charge in [-0.15, -0.1) is 0 Å². The first-order valence-electron chi connectivity index (χ1n) is 5.98. The number of nitrogens with zero attached hydrogens (tertiary/aromatic N) is 3. The van der Waals surface area contributed by atoms with Crippen molar-refractivity contribution in [3.63, 3.8) is 0 Å². The van der Waals surface area contributed by atoms with Crippen LogP contribution in [0.5, 0.6) is 0 Å². The Morgan fingerprint density at radius 3 is 2.85 bits per heavy atom. The van der Waals surface area contributed by atoms with Crippen LogP contribution in [0.4, 0.5) is 0 Å². The summed E-state index contributed by atoms with van der Waals surface area (Å²) in [5.74, 6) is 0. The number of fused-ring (bicyclic) bond motifs is 1. The molecule has 0 aliphatic carbocycles. The molecule has 3 rings (SSSR count). The SMILES string of the molecule is Cc1cccc(Cl)c1Cn1nc(Cl)c2ncc(Br)cc21. The van der Waals surface area contributed by atoms with Crippen LogP contribution in [0.2, 0.25) is 10.2 Å². The largest absolute Gasteiger partial charge is 0.257 e. The second-order valence-corrected chi connectivity index (χ2v) is 6.19. The van der Waals surface area contributed by atoms with E-state index in [0.29, 0.717) is 17.2 Å². The van der Waals surface area contributed by atoms with Gasteiger partial charge in [0.05, 0.1) is 12.1 Å². The molecular weight excluding hydrogens is 361 g/mol. The van der Waals surface area contributed by atoms with Gasteiger partial charge < -0.3 is 0 Å². The zero-order chi connectivity index (χ0) is 14.3. The van der Waals surface area contributed by atoms with E-state index in [0.717, 1.165) is 26.1 Å². The molecule has 3 nitrogen and oxygen atoms in total. The minimum absolute atomic E-state index is 0.400. The van der Waals surface area contributed by atoms with Gasteiger partial charge in [0.25, 0.3) is 0 Å². The minimum Gasteiger partial charge on any atom is -0.257 e. The normalized spacial score (nSPS) is 11.2. The quantitative estimate of drug-likeness (QED) is 0.645. The molecule has 0 amide bonds. The van der Waals surface area contributed by atoms with Crippen LogP contribution in [0.1, 0.15) is 11.1 Å². The third-order valence-electron chi connectivity index (χ3n) is 3.18. The number of rotatable bonds is 2. The van der Waals surface area contributed by atoms with Crippen LogP contribution in [-0.2, 0) is 6.54 Å². The molecule has 2 aromatic heterocycles. The molecule has 0 N–H and O–H groups in total. The maximum absolute atomic E-state index is 6.27. The molecular formula is C14H10BrCl2N3. The Labute approximate surface area is 134 Å². The molecule has 0 spiro atoms. The molecule has 0 aliphatic heterocycles. The second kappa shape index (κ2) is 5.35. The molecule has 0 fully saturated rings. The number of aryl methyl sites for hydroxylation is 1. The van der Waals surface area contributed by atoms with Crippen molar-refractivity contribution in [3.05, 3.63) is 56.2 Å². The van der Waals surface area contributed by atoms with Gasteiger partial charge >= 0.3 is 0 Å². The number of halogens is 3. The first-order valence-corrected chi connectivity index (χ1v) is 7.52. The third kappa shape index (κ3) is 2.43. The number of aromatic nitrogens is 3. The molecule has 102 valence electrons. The van der Waals surface area contributed by atoms with Crippen molar-refractivity contribution in [2.75, 3.05) is 0 Å². The lowest BCUT2D eigenvalue weighted by Gasteiger charge is -2.09. The minimum atomic E-state index is 0.400. The van der Waals surface area contributed by atoms with E-state index in [1.165, 1.54) is 0 Å². The van der Waals surface area contributed by atoms with E-state index in [2.05, 4.69) is 26.0 Å². The van der Waals surface area contributed by atoms with Crippen molar-refractivity contribution in [3.8, 4) is 0 Å². The Morgan fingerprint density at radius 2 is 2.10 bits per heavy atom. The smallest absolute Gasteiger partial charge is 0.177 e. The van der Waals surface area contributed by atoms with E-state index in [1.807, 2.05) is 35.9 Å². The summed E-state index contributed by atoms with van der Waals surface area (Å²) in [5, 5.41) is 5.48. The Balaban J connectivity index is 2.14. The van der Waals surface area contributed by atoms with Crippen molar-refractivity contribution < 1.29 is 0 Å². The van der Waals surface area contributed by atoms with Crippen LogP contribution in [0.3, 0.4) is 0 Å². The maximum Gasteiger partial charge on any atom is 0.177 e. The molecule has 3 aromatic rings. The van der Waals surface area contributed by atoms with Crippen LogP contribution in [0.25, 0.3) is 11.0 Å². The Morgan fingerprint density at radius 1 is 1.30 bits per heavy atom. The summed E-state index contributed by atoms with van der Waals surface area (Å²) in [6.07, 6.45) is 1.71. The molecule has 0 atom stereocenters. The van der Waals surface area contributed by atoms with Gasteiger partial charge in [-0.25, -0.2) is 0 Å². The van der Waals surface area contributed by atoms with E-state index in [9.17, 15) is 0 Å². The zero-order valence-electron chi connectivity index (χ0n) is 10.6. The molecule has 20 heavy (non-hydrogen) atoms. The van der Waals surface area contributed by atoms with E-state index < -0.39 is 0 Å². The fraction of sp³-hybridized carbons (Fsp3) is 0.143. The lowest BCUT2D eigenvalue weighted by Crippen LogP contribution is -2.04. The first-order chi connectivity index (χ1) is 9.56. The highest BCUT2D eigenvalue weighted by Crippen LogP contribution is 2.26. The first kappa shape index (κ1) is 13.9. The molecule has 0 aliphatic rings. The average Bonchev–Trinajstić information content (AvgIpc) is 2.70. The number of benzene rings is 1. The molecule has 0 saturated carbocycles. The van der Waals surface area contributed by atoms with Gasteiger partial charge in [-0.05, 0) is 46.1 Å². The van der Waals surface area contributed by atoms with Gasteiger partial charge in [-0.2, -0.15) is 5.10 Å². The summed E-state index contributed by atoms with van der Waals surface area (Å²) in [6, 6.07) is 7.80. The van der Waals surface area contributed by atoms with Crippen LogP contribution in [0.15, 0.2) is 34.9 Å². The van der Waals surface area contributed by atoms with E-state index in [-0.39, 0.29) is 0 Å². The monoisotopic (exact) mass is 369 g/mol. The topological polar surface area (TPSA) is 30.7 Å². The molecule has 6 heteroatoms. The summed E-state index contributed by atoms with van der Waals surface area (Å²) >= 11 is 15.8. The van der Waals surface area contributed by atoms with Crippen molar-refractivity contribution >= 4 is 50.2 Å². The van der Waals surface area contributed by atoms with Crippen LogP contribution < -0.4 is 0 Å². The predicted molar refractivity (Wildman–Crippen MR) is 85.5 cm³/mol. The number of hydrogen-bond acceptors (Lipinski definition) is 2. The zero-order valence-corrected chi connectivity index (χ0v) is 13.7. The summed E-state index contributed by atoms with van der Waals surface area (Å²) in [6.45, 7) is 2.59. The molecule has 0 bridgehead atoms.